The Morgan fingerprint density at radius 2 is 2.00 bits per heavy atom. The summed E-state index contributed by atoms with van der Waals surface area (Å²) in [6, 6.07) is 3.04. The smallest absolute Gasteiger partial charge is 0.330 e. The lowest BCUT2D eigenvalue weighted by Crippen LogP contribution is -2.75. The van der Waals surface area contributed by atoms with E-state index in [9.17, 15) is 24.5 Å². The molecule has 10 heteroatoms. The maximum atomic E-state index is 13.3. The topological polar surface area (TPSA) is 122 Å². The minimum absolute atomic E-state index is 0.0461. The summed E-state index contributed by atoms with van der Waals surface area (Å²) in [5.74, 6) is -1.32. The van der Waals surface area contributed by atoms with Crippen LogP contribution in [-0.4, -0.2) is 59.5 Å². The number of rotatable bonds is 1. The molecule has 148 valence electrons. The van der Waals surface area contributed by atoms with E-state index in [1.807, 2.05) is 11.8 Å². The monoisotopic (exact) mass is 388 g/mol. The molecule has 0 saturated carbocycles. The minimum Gasteiger partial charge on any atom is -0.372 e. The van der Waals surface area contributed by atoms with Gasteiger partial charge in [0.25, 0.3) is 5.69 Å². The number of nitrogens with zero attached hydrogens (tertiary/aromatic N) is 3. The molecule has 1 spiro atoms. The van der Waals surface area contributed by atoms with Gasteiger partial charge in [0, 0.05) is 37.8 Å². The molecule has 10 nitrogen and oxygen atoms in total. The molecule has 0 bridgehead atoms. The second kappa shape index (κ2) is 5.99. The molecule has 4 amide bonds. The summed E-state index contributed by atoms with van der Waals surface area (Å²) >= 11 is 0. The number of carbonyl (C=O) groups is 3. The number of fused-ring (bicyclic) bond motifs is 4. The predicted molar refractivity (Wildman–Crippen MR) is 96.7 cm³/mol. The van der Waals surface area contributed by atoms with Crippen molar-refractivity contribution in [2.75, 3.05) is 18.5 Å². The van der Waals surface area contributed by atoms with E-state index in [-0.39, 0.29) is 18.2 Å². The Bertz CT molecular complexity index is 917. The standard InChI is InChI=1S/C18H20N4O6/c1-9-8-21-13-5-4-12(22(26)27)6-11(13)7-18(14(21)10(2)28-9)15(23)19-17(25)20(3)16(18)24/h4-6,9-10,14H,7-8H2,1-3H3,(H,19,23,25)/t9-,10-,14-,18-/m1/s1. The zero-order valence-electron chi connectivity index (χ0n) is 15.7. The summed E-state index contributed by atoms with van der Waals surface area (Å²) in [4.78, 5) is 51.8. The van der Waals surface area contributed by atoms with Crippen molar-refractivity contribution in [3.63, 3.8) is 0 Å². The van der Waals surface area contributed by atoms with Gasteiger partial charge in [-0.3, -0.25) is 29.9 Å². The Balaban J connectivity index is 1.93. The van der Waals surface area contributed by atoms with Crippen LogP contribution in [0, 0.1) is 15.5 Å². The van der Waals surface area contributed by atoms with E-state index >= 15 is 0 Å². The normalized spacial score (nSPS) is 32.1. The first-order valence-corrected chi connectivity index (χ1v) is 9.00. The summed E-state index contributed by atoms with van der Waals surface area (Å²) in [5, 5.41) is 13.5. The number of nitro benzene ring substituents is 1. The van der Waals surface area contributed by atoms with Crippen molar-refractivity contribution in [1.29, 1.82) is 0 Å². The maximum Gasteiger partial charge on any atom is 0.330 e. The van der Waals surface area contributed by atoms with Crippen LogP contribution >= 0.6 is 0 Å². The molecule has 0 aliphatic carbocycles. The molecular formula is C18H20N4O6. The van der Waals surface area contributed by atoms with Crippen molar-refractivity contribution >= 4 is 29.2 Å². The average Bonchev–Trinajstić information content (AvgIpc) is 2.63. The average molecular weight is 388 g/mol. The number of non-ortho nitro benzene ring substituents is 1. The fourth-order valence-corrected chi connectivity index (χ4v) is 4.75. The first-order valence-electron chi connectivity index (χ1n) is 9.00. The van der Waals surface area contributed by atoms with Crippen LogP contribution in [0.25, 0.3) is 0 Å². The fraction of sp³-hybridized carbons (Fsp3) is 0.500. The van der Waals surface area contributed by atoms with E-state index in [0.29, 0.717) is 12.1 Å². The third kappa shape index (κ3) is 2.34. The molecule has 0 aromatic heterocycles. The van der Waals surface area contributed by atoms with Gasteiger partial charge in [-0.15, -0.1) is 0 Å². The van der Waals surface area contributed by atoms with Gasteiger partial charge in [-0.25, -0.2) is 4.79 Å². The lowest BCUT2D eigenvalue weighted by Gasteiger charge is -2.56. The zero-order valence-corrected chi connectivity index (χ0v) is 15.7. The van der Waals surface area contributed by atoms with E-state index in [4.69, 9.17) is 4.74 Å². The van der Waals surface area contributed by atoms with Crippen LogP contribution in [0.1, 0.15) is 19.4 Å². The number of nitro groups is 1. The summed E-state index contributed by atoms with van der Waals surface area (Å²) in [7, 11) is 1.32. The Kier molecular flexibility index (Phi) is 3.93. The molecule has 0 unspecified atom stereocenters. The van der Waals surface area contributed by atoms with Gasteiger partial charge in [-0.2, -0.15) is 0 Å². The van der Waals surface area contributed by atoms with Crippen molar-refractivity contribution in [1.82, 2.24) is 10.2 Å². The van der Waals surface area contributed by atoms with Gasteiger partial charge in [0.1, 0.15) is 0 Å². The van der Waals surface area contributed by atoms with E-state index in [2.05, 4.69) is 5.32 Å². The van der Waals surface area contributed by atoms with Gasteiger partial charge in [0.2, 0.25) is 11.8 Å². The second-order valence-corrected chi connectivity index (χ2v) is 7.59. The highest BCUT2D eigenvalue weighted by Gasteiger charge is 2.64. The van der Waals surface area contributed by atoms with Gasteiger partial charge in [0.05, 0.1) is 23.2 Å². The number of benzene rings is 1. The van der Waals surface area contributed by atoms with E-state index in [1.165, 1.54) is 19.2 Å². The minimum atomic E-state index is -1.61. The van der Waals surface area contributed by atoms with E-state index in [1.54, 1.807) is 13.0 Å². The van der Waals surface area contributed by atoms with Gasteiger partial charge < -0.3 is 9.64 Å². The highest BCUT2D eigenvalue weighted by Crippen LogP contribution is 2.48. The van der Waals surface area contributed by atoms with E-state index < -0.39 is 40.3 Å². The van der Waals surface area contributed by atoms with Crippen molar-refractivity contribution in [3.05, 3.63) is 33.9 Å². The van der Waals surface area contributed by atoms with Crippen LogP contribution < -0.4 is 10.2 Å². The molecular weight excluding hydrogens is 368 g/mol. The lowest BCUT2D eigenvalue weighted by atomic mass is 9.66. The molecule has 4 atom stereocenters. The lowest BCUT2D eigenvalue weighted by molar-refractivity contribution is -0.384. The molecule has 1 N–H and O–H groups in total. The molecule has 2 fully saturated rings. The third-order valence-corrected chi connectivity index (χ3v) is 5.86. The maximum absolute atomic E-state index is 13.3. The highest BCUT2D eigenvalue weighted by molar-refractivity contribution is 6.20. The largest absolute Gasteiger partial charge is 0.372 e. The van der Waals surface area contributed by atoms with Crippen LogP contribution in [0.4, 0.5) is 16.2 Å². The van der Waals surface area contributed by atoms with Gasteiger partial charge in [-0.1, -0.05) is 0 Å². The van der Waals surface area contributed by atoms with Crippen LogP contribution in [0.15, 0.2) is 18.2 Å². The summed E-state index contributed by atoms with van der Waals surface area (Å²) in [5.41, 5.74) is -0.457. The SMILES string of the molecule is C[C@@H]1CN2c3ccc([N+](=O)[O-])cc3C[C@]3(C(=O)NC(=O)N(C)C3=O)[C@H]2[C@@H](C)O1. The van der Waals surface area contributed by atoms with Crippen molar-refractivity contribution in [3.8, 4) is 0 Å². The molecule has 0 radical (unpaired) electrons. The summed E-state index contributed by atoms with van der Waals surface area (Å²) in [6.07, 6.45) is -0.677. The number of ether oxygens (including phenoxy) is 1. The molecule has 1 aromatic rings. The van der Waals surface area contributed by atoms with Crippen molar-refractivity contribution in [2.45, 2.75) is 38.5 Å². The van der Waals surface area contributed by atoms with Crippen LogP contribution in [0.5, 0.6) is 0 Å². The Morgan fingerprint density at radius 1 is 1.29 bits per heavy atom. The predicted octanol–water partition coefficient (Wildman–Crippen LogP) is 0.828. The Hall–Kier alpha value is -3.01. The number of anilines is 1. The first kappa shape index (κ1) is 18.4. The summed E-state index contributed by atoms with van der Waals surface area (Å²) < 4.78 is 5.93. The fourth-order valence-electron chi connectivity index (χ4n) is 4.75. The Labute approximate surface area is 160 Å². The number of barbiturate groups is 1. The molecule has 4 rings (SSSR count). The van der Waals surface area contributed by atoms with Gasteiger partial charge in [0.15, 0.2) is 5.41 Å². The molecule has 3 aliphatic rings. The molecule has 28 heavy (non-hydrogen) atoms. The number of amides is 4. The number of morpholine rings is 1. The summed E-state index contributed by atoms with van der Waals surface area (Å²) in [6.45, 7) is 4.10. The number of imide groups is 2. The molecule has 1 aromatic carbocycles. The number of nitrogens with one attached hydrogen (secondary N) is 1. The van der Waals surface area contributed by atoms with Crippen LogP contribution in [0.2, 0.25) is 0 Å². The second-order valence-electron chi connectivity index (χ2n) is 7.59. The van der Waals surface area contributed by atoms with Gasteiger partial charge >= 0.3 is 6.03 Å². The number of hydrogen-bond donors (Lipinski definition) is 1. The van der Waals surface area contributed by atoms with Gasteiger partial charge in [-0.05, 0) is 25.5 Å². The number of urea groups is 1. The van der Waals surface area contributed by atoms with Crippen molar-refractivity contribution in [2.24, 2.45) is 5.41 Å². The zero-order chi connectivity index (χ0) is 20.4. The third-order valence-electron chi connectivity index (χ3n) is 5.86. The van der Waals surface area contributed by atoms with Crippen LogP contribution in [0.3, 0.4) is 0 Å². The molecule has 3 heterocycles. The van der Waals surface area contributed by atoms with Crippen molar-refractivity contribution < 1.29 is 24.0 Å². The van der Waals surface area contributed by atoms with E-state index in [0.717, 1.165) is 10.6 Å². The number of hydrogen-bond acceptors (Lipinski definition) is 7. The number of carbonyl (C=O) groups excluding carboxylic acids is 3. The highest BCUT2D eigenvalue weighted by atomic mass is 16.6. The first-order chi connectivity index (χ1) is 13.2. The molecule has 3 aliphatic heterocycles. The van der Waals surface area contributed by atoms with Crippen LogP contribution in [-0.2, 0) is 20.7 Å². The quantitative estimate of drug-likeness (QED) is 0.429. The molecule has 2 saturated heterocycles. The Morgan fingerprint density at radius 3 is 2.68 bits per heavy atom.